The van der Waals surface area contributed by atoms with Gasteiger partial charge in [-0.25, -0.2) is 0 Å². The van der Waals surface area contributed by atoms with Gasteiger partial charge in [-0.05, 0) is 24.3 Å². The van der Waals surface area contributed by atoms with Crippen LogP contribution in [0, 0.1) is 0 Å². The Morgan fingerprint density at radius 3 is 2.38 bits per heavy atom. The summed E-state index contributed by atoms with van der Waals surface area (Å²) in [5, 5.41) is 18.7. The predicted octanol–water partition coefficient (Wildman–Crippen LogP) is 2.68. The highest BCUT2D eigenvalue weighted by Crippen LogP contribution is 2.30. The molecule has 0 spiro atoms. The maximum absolute atomic E-state index is 9.53. The third-order valence-corrected chi connectivity index (χ3v) is 2.24. The lowest BCUT2D eigenvalue weighted by Gasteiger charge is -2.10. The van der Waals surface area contributed by atoms with Crippen LogP contribution >= 0.6 is 0 Å². The Bertz CT molecular complexity index is 466. The smallest absolute Gasteiger partial charge is 0.136 e. The number of aliphatic hydroxyl groups excluding tert-OH is 1. The molecule has 3 nitrogen and oxygen atoms in total. The summed E-state index contributed by atoms with van der Waals surface area (Å²) in [5.74, 6) is 1.17. The van der Waals surface area contributed by atoms with E-state index < -0.39 is 0 Å². The average Bonchev–Trinajstić information content (AvgIpc) is 2.31. The number of aromatic hydroxyl groups is 1. The summed E-state index contributed by atoms with van der Waals surface area (Å²) >= 11 is 0. The molecule has 0 aliphatic rings. The van der Waals surface area contributed by atoms with Crippen molar-refractivity contribution in [2.75, 3.05) is 0 Å². The zero-order valence-corrected chi connectivity index (χ0v) is 8.63. The maximum atomic E-state index is 9.53. The molecule has 0 heterocycles. The second-order valence-electron chi connectivity index (χ2n) is 3.33. The molecule has 2 rings (SSSR count). The van der Waals surface area contributed by atoms with Crippen LogP contribution in [-0.2, 0) is 6.61 Å². The number of hydrogen-bond donors (Lipinski definition) is 2. The number of para-hydroxylation sites is 1. The van der Waals surface area contributed by atoms with Gasteiger partial charge < -0.3 is 14.9 Å². The Morgan fingerprint density at radius 2 is 1.69 bits per heavy atom. The zero-order valence-electron chi connectivity index (χ0n) is 8.63. The highest BCUT2D eigenvalue weighted by atomic mass is 16.5. The van der Waals surface area contributed by atoms with Crippen LogP contribution in [0.5, 0.6) is 17.2 Å². The highest BCUT2D eigenvalue weighted by Gasteiger charge is 2.08. The van der Waals surface area contributed by atoms with Gasteiger partial charge in [0.25, 0.3) is 0 Å². The lowest BCUT2D eigenvalue weighted by molar-refractivity contribution is 0.270. The van der Waals surface area contributed by atoms with Crippen molar-refractivity contribution in [1.29, 1.82) is 0 Å². The molecule has 82 valence electrons. The SMILES string of the molecule is OCc1c(O)cccc1Oc1ccccc1. The molecule has 0 unspecified atom stereocenters. The van der Waals surface area contributed by atoms with Crippen LogP contribution in [0.2, 0.25) is 0 Å². The molecule has 2 aromatic carbocycles. The van der Waals surface area contributed by atoms with Crippen LogP contribution in [0.25, 0.3) is 0 Å². The normalized spacial score (nSPS) is 10.1. The number of phenols is 1. The van der Waals surface area contributed by atoms with Gasteiger partial charge in [-0.15, -0.1) is 0 Å². The second-order valence-corrected chi connectivity index (χ2v) is 3.33. The summed E-state index contributed by atoms with van der Waals surface area (Å²) in [4.78, 5) is 0. The molecular weight excluding hydrogens is 204 g/mol. The van der Waals surface area contributed by atoms with Gasteiger partial charge in [0.1, 0.15) is 17.2 Å². The van der Waals surface area contributed by atoms with E-state index in [2.05, 4.69) is 0 Å². The molecule has 0 saturated carbocycles. The van der Waals surface area contributed by atoms with Gasteiger partial charge in [-0.2, -0.15) is 0 Å². The van der Waals surface area contributed by atoms with Crippen LogP contribution < -0.4 is 4.74 Å². The lowest BCUT2D eigenvalue weighted by Crippen LogP contribution is -1.91. The molecule has 0 fully saturated rings. The third-order valence-electron chi connectivity index (χ3n) is 2.24. The third kappa shape index (κ3) is 2.15. The molecule has 16 heavy (non-hydrogen) atoms. The monoisotopic (exact) mass is 216 g/mol. The first kappa shape index (κ1) is 10.5. The van der Waals surface area contributed by atoms with Crippen molar-refractivity contribution in [1.82, 2.24) is 0 Å². The second kappa shape index (κ2) is 4.68. The van der Waals surface area contributed by atoms with Crippen LogP contribution in [-0.4, -0.2) is 10.2 Å². The van der Waals surface area contributed by atoms with Crippen molar-refractivity contribution in [2.24, 2.45) is 0 Å². The Balaban J connectivity index is 2.31. The largest absolute Gasteiger partial charge is 0.507 e. The molecule has 0 aromatic heterocycles. The Kier molecular flexibility index (Phi) is 3.08. The lowest BCUT2D eigenvalue weighted by atomic mass is 10.2. The summed E-state index contributed by atoms with van der Waals surface area (Å²) in [6.45, 7) is -0.255. The van der Waals surface area contributed by atoms with Gasteiger partial charge in [0.2, 0.25) is 0 Å². The van der Waals surface area contributed by atoms with Crippen molar-refractivity contribution in [3.63, 3.8) is 0 Å². The molecule has 3 heteroatoms. The van der Waals surface area contributed by atoms with Gasteiger partial charge in [-0.1, -0.05) is 24.3 Å². The number of rotatable bonds is 3. The van der Waals surface area contributed by atoms with Gasteiger partial charge in [0, 0.05) is 0 Å². The van der Waals surface area contributed by atoms with Crippen LogP contribution in [0.1, 0.15) is 5.56 Å². The maximum Gasteiger partial charge on any atom is 0.136 e. The minimum Gasteiger partial charge on any atom is -0.507 e. The standard InChI is InChI=1S/C13H12O3/c14-9-11-12(15)7-4-8-13(11)16-10-5-2-1-3-6-10/h1-8,14-15H,9H2. The number of aliphatic hydroxyl groups is 1. The topological polar surface area (TPSA) is 49.7 Å². The summed E-state index contributed by atoms with van der Waals surface area (Å²) in [7, 11) is 0. The fourth-order valence-electron chi connectivity index (χ4n) is 1.42. The van der Waals surface area contributed by atoms with Crippen molar-refractivity contribution in [3.05, 3.63) is 54.1 Å². The zero-order chi connectivity index (χ0) is 11.4. The molecule has 2 aromatic rings. The molecule has 0 amide bonds. The van der Waals surface area contributed by atoms with Crippen LogP contribution in [0.15, 0.2) is 48.5 Å². The van der Waals surface area contributed by atoms with Crippen molar-refractivity contribution < 1.29 is 14.9 Å². The van der Waals surface area contributed by atoms with E-state index in [1.165, 1.54) is 6.07 Å². The van der Waals surface area contributed by atoms with Crippen LogP contribution in [0.3, 0.4) is 0 Å². The number of hydrogen-bond acceptors (Lipinski definition) is 3. The Labute approximate surface area is 93.6 Å². The quantitative estimate of drug-likeness (QED) is 0.829. The summed E-state index contributed by atoms with van der Waals surface area (Å²) in [6.07, 6.45) is 0. The van der Waals surface area contributed by atoms with Crippen LogP contribution in [0.4, 0.5) is 0 Å². The van der Waals surface area contributed by atoms with E-state index in [1.807, 2.05) is 30.3 Å². The minimum atomic E-state index is -0.255. The fourth-order valence-corrected chi connectivity index (χ4v) is 1.42. The van der Waals surface area contributed by atoms with Crippen molar-refractivity contribution >= 4 is 0 Å². The fraction of sp³-hybridized carbons (Fsp3) is 0.0769. The van der Waals surface area contributed by atoms with Crippen molar-refractivity contribution in [2.45, 2.75) is 6.61 Å². The first-order valence-corrected chi connectivity index (χ1v) is 4.96. The molecule has 0 radical (unpaired) electrons. The van der Waals surface area contributed by atoms with Gasteiger partial charge in [0.05, 0.1) is 12.2 Å². The van der Waals surface area contributed by atoms with E-state index in [0.29, 0.717) is 17.1 Å². The number of benzene rings is 2. The molecule has 0 saturated heterocycles. The molecule has 0 aliphatic heterocycles. The first-order valence-electron chi connectivity index (χ1n) is 4.96. The predicted molar refractivity (Wildman–Crippen MR) is 60.5 cm³/mol. The Hall–Kier alpha value is -2.00. The number of ether oxygens (including phenoxy) is 1. The summed E-state index contributed by atoms with van der Waals surface area (Å²) in [5.41, 5.74) is 0.395. The Morgan fingerprint density at radius 1 is 0.938 bits per heavy atom. The minimum absolute atomic E-state index is 0.0379. The summed E-state index contributed by atoms with van der Waals surface area (Å²) < 4.78 is 5.56. The van der Waals surface area contributed by atoms with E-state index >= 15 is 0 Å². The van der Waals surface area contributed by atoms with Gasteiger partial charge in [0.15, 0.2) is 0 Å². The summed E-state index contributed by atoms with van der Waals surface area (Å²) in [6, 6.07) is 14.1. The molecule has 0 bridgehead atoms. The van der Waals surface area contributed by atoms with E-state index in [1.54, 1.807) is 12.1 Å². The molecule has 2 N–H and O–H groups in total. The van der Waals surface area contributed by atoms with Gasteiger partial charge >= 0.3 is 0 Å². The molecule has 0 aliphatic carbocycles. The van der Waals surface area contributed by atoms with Gasteiger partial charge in [-0.3, -0.25) is 0 Å². The highest BCUT2D eigenvalue weighted by molar-refractivity contribution is 5.45. The van der Waals surface area contributed by atoms with E-state index in [4.69, 9.17) is 9.84 Å². The van der Waals surface area contributed by atoms with E-state index in [-0.39, 0.29) is 12.4 Å². The van der Waals surface area contributed by atoms with E-state index in [0.717, 1.165) is 0 Å². The molecular formula is C13H12O3. The van der Waals surface area contributed by atoms with Crippen molar-refractivity contribution in [3.8, 4) is 17.2 Å². The average molecular weight is 216 g/mol. The van der Waals surface area contributed by atoms with E-state index in [9.17, 15) is 5.11 Å². The molecule has 0 atom stereocenters. The first-order chi connectivity index (χ1) is 7.81.